The maximum Gasteiger partial charge on any atom is 0.315 e. The van der Waals surface area contributed by atoms with Gasteiger partial charge in [0.15, 0.2) is 0 Å². The Bertz CT molecular complexity index is 1240. The smallest absolute Gasteiger partial charge is 0.315 e. The highest BCUT2D eigenvalue weighted by Crippen LogP contribution is 2.68. The van der Waals surface area contributed by atoms with Crippen molar-refractivity contribution < 1.29 is 13.9 Å². The molecule has 0 aromatic heterocycles. The topological polar surface area (TPSA) is 56.9 Å². The van der Waals surface area contributed by atoms with Gasteiger partial charge in [0.1, 0.15) is 17.0 Å². The zero-order valence-corrected chi connectivity index (χ0v) is 21.1. The molecule has 2 aliphatic carbocycles. The highest BCUT2D eigenvalue weighted by atomic mass is 19.1. The average molecular weight is 488 g/mol. The largest absolute Gasteiger partial charge is 0.357 e. The van der Waals surface area contributed by atoms with E-state index in [9.17, 15) is 9.18 Å². The number of halogens is 1. The lowest BCUT2D eigenvalue weighted by Gasteiger charge is -2.29. The number of anilines is 1. The van der Waals surface area contributed by atoms with Crippen LogP contribution >= 0.6 is 0 Å². The lowest BCUT2D eigenvalue weighted by atomic mass is 9.80. The van der Waals surface area contributed by atoms with Crippen molar-refractivity contribution in [2.75, 3.05) is 18.5 Å². The van der Waals surface area contributed by atoms with E-state index in [0.717, 1.165) is 54.6 Å². The van der Waals surface area contributed by atoms with Gasteiger partial charge in [-0.1, -0.05) is 36.9 Å². The molecule has 1 saturated heterocycles. The van der Waals surface area contributed by atoms with E-state index in [1.54, 1.807) is 12.1 Å². The molecule has 0 bridgehead atoms. The van der Waals surface area contributed by atoms with Crippen LogP contribution in [0.25, 0.3) is 0 Å². The van der Waals surface area contributed by atoms with Crippen LogP contribution in [-0.2, 0) is 17.7 Å². The first-order valence-electron chi connectivity index (χ1n) is 12.8. The number of benzene rings is 2. The molecule has 0 radical (unpaired) electrons. The Kier molecular flexibility index (Phi) is 6.47. The Balaban J connectivity index is 1.30. The molecule has 5 nitrogen and oxygen atoms in total. The van der Waals surface area contributed by atoms with Crippen LogP contribution in [0.5, 0.6) is 0 Å². The molecule has 6 heteroatoms. The molecular weight excluding hydrogens is 453 g/mol. The van der Waals surface area contributed by atoms with Gasteiger partial charge in [0.05, 0.1) is 0 Å². The van der Waals surface area contributed by atoms with Crippen molar-refractivity contribution in [3.8, 4) is 0 Å². The summed E-state index contributed by atoms with van der Waals surface area (Å²) in [7, 11) is 2.02. The summed E-state index contributed by atoms with van der Waals surface area (Å²) in [5.41, 5.74) is 6.55. The van der Waals surface area contributed by atoms with E-state index in [1.165, 1.54) is 23.3 Å². The van der Waals surface area contributed by atoms with Crippen LogP contribution in [0, 0.1) is 5.82 Å². The van der Waals surface area contributed by atoms with Crippen LogP contribution in [0.2, 0.25) is 0 Å². The SMILES string of the molecule is C=CC1=C(N(C)c2ccc(F)cc2)C=C2CC[C@]3(CCc4ccccc4CNC(=O)NCC)OC23C1. The number of hydrogen-bond acceptors (Lipinski definition) is 3. The van der Waals surface area contributed by atoms with E-state index in [4.69, 9.17) is 4.74 Å². The second-order valence-electron chi connectivity index (χ2n) is 9.90. The van der Waals surface area contributed by atoms with Crippen LogP contribution in [0.15, 0.2) is 84.1 Å². The minimum atomic E-state index is -0.238. The molecule has 36 heavy (non-hydrogen) atoms. The summed E-state index contributed by atoms with van der Waals surface area (Å²) in [5.74, 6) is -0.237. The molecule has 2 aromatic carbocycles. The molecule has 1 spiro atoms. The zero-order chi connectivity index (χ0) is 25.3. The van der Waals surface area contributed by atoms with Crippen molar-refractivity contribution in [2.24, 2.45) is 0 Å². The van der Waals surface area contributed by atoms with Crippen molar-refractivity contribution in [3.05, 3.63) is 101 Å². The Labute approximate surface area is 212 Å². The third kappa shape index (κ3) is 4.24. The number of aryl methyl sites for hydroxylation is 1. The van der Waals surface area contributed by atoms with E-state index in [0.29, 0.717) is 13.1 Å². The lowest BCUT2D eigenvalue weighted by Crippen LogP contribution is -2.35. The number of carbonyl (C=O) groups is 1. The molecule has 2 amide bonds. The number of hydrogen-bond donors (Lipinski definition) is 2. The molecule has 3 aliphatic rings. The van der Waals surface area contributed by atoms with Crippen LogP contribution in [0.4, 0.5) is 14.9 Å². The van der Waals surface area contributed by atoms with Gasteiger partial charge in [-0.3, -0.25) is 0 Å². The number of allylic oxidation sites excluding steroid dienone is 2. The summed E-state index contributed by atoms with van der Waals surface area (Å²) in [6, 6.07) is 14.8. The second kappa shape index (κ2) is 9.58. The first-order chi connectivity index (χ1) is 17.4. The minimum absolute atomic E-state index is 0.145. The normalized spacial score (nSPS) is 23.9. The molecule has 188 valence electrons. The van der Waals surface area contributed by atoms with E-state index < -0.39 is 0 Å². The van der Waals surface area contributed by atoms with Crippen LogP contribution in [0.3, 0.4) is 0 Å². The summed E-state index contributed by atoms with van der Waals surface area (Å²) in [5, 5.41) is 5.72. The second-order valence-corrected chi connectivity index (χ2v) is 9.90. The molecule has 2 N–H and O–H groups in total. The number of nitrogens with zero attached hydrogens (tertiary/aromatic N) is 1. The van der Waals surface area contributed by atoms with E-state index in [2.05, 4.69) is 46.4 Å². The number of epoxide rings is 1. The van der Waals surface area contributed by atoms with Crippen molar-refractivity contribution >= 4 is 11.7 Å². The first kappa shape index (κ1) is 24.3. The summed E-state index contributed by atoms with van der Waals surface area (Å²) in [6.45, 7) is 7.12. The molecule has 1 unspecified atom stereocenters. The Morgan fingerprint density at radius 1 is 1.17 bits per heavy atom. The fraction of sp³-hybridized carbons (Fsp3) is 0.367. The molecule has 1 saturated carbocycles. The van der Waals surface area contributed by atoms with Gasteiger partial charge in [0, 0.05) is 37.9 Å². The van der Waals surface area contributed by atoms with Gasteiger partial charge in [0.25, 0.3) is 0 Å². The third-order valence-corrected chi connectivity index (χ3v) is 7.98. The predicted octanol–water partition coefficient (Wildman–Crippen LogP) is 5.79. The van der Waals surface area contributed by atoms with Gasteiger partial charge in [0.2, 0.25) is 0 Å². The minimum Gasteiger partial charge on any atom is -0.357 e. The number of carbonyl (C=O) groups excluding carboxylic acids is 1. The van der Waals surface area contributed by atoms with Gasteiger partial charge < -0.3 is 20.3 Å². The molecular formula is C30H34FN3O2. The van der Waals surface area contributed by atoms with E-state index in [-0.39, 0.29) is 23.1 Å². The maximum absolute atomic E-state index is 13.4. The number of urea groups is 1. The maximum atomic E-state index is 13.4. The van der Waals surface area contributed by atoms with Crippen LogP contribution in [0.1, 0.15) is 43.7 Å². The first-order valence-corrected chi connectivity index (χ1v) is 12.8. The quantitative estimate of drug-likeness (QED) is 0.441. The standard InChI is InChI=1S/C30H34FN3O2/c1-4-21-19-30-24(18-27(21)34(3)26-12-10-25(31)11-13-26)15-17-29(30,36-30)16-14-22-8-6-7-9-23(22)20-33-28(35)32-5-2/h4,6-13,18H,1,5,14-17,19-20H2,2-3H3,(H2,32,33,35)/t29-,30?/m0/s1. The Morgan fingerprint density at radius 3 is 2.64 bits per heavy atom. The third-order valence-electron chi connectivity index (χ3n) is 7.98. The molecule has 1 heterocycles. The number of likely N-dealkylation sites (N-methyl/N-ethyl adjacent to an activating group) is 1. The van der Waals surface area contributed by atoms with Gasteiger partial charge in [-0.2, -0.15) is 0 Å². The van der Waals surface area contributed by atoms with Gasteiger partial charge in [-0.15, -0.1) is 0 Å². The summed E-state index contributed by atoms with van der Waals surface area (Å²) >= 11 is 0. The number of rotatable bonds is 9. The van der Waals surface area contributed by atoms with E-state index in [1.807, 2.05) is 26.1 Å². The van der Waals surface area contributed by atoms with Gasteiger partial charge in [-0.25, -0.2) is 9.18 Å². The van der Waals surface area contributed by atoms with Crippen molar-refractivity contribution in [3.63, 3.8) is 0 Å². The number of nitrogens with one attached hydrogen (secondary N) is 2. The van der Waals surface area contributed by atoms with Crippen molar-refractivity contribution in [1.29, 1.82) is 0 Å². The lowest BCUT2D eigenvalue weighted by molar-refractivity contribution is 0.234. The molecule has 2 aromatic rings. The van der Waals surface area contributed by atoms with E-state index >= 15 is 0 Å². The average Bonchev–Trinajstić information content (AvgIpc) is 3.41. The molecule has 5 rings (SSSR count). The van der Waals surface area contributed by atoms with Gasteiger partial charge >= 0.3 is 6.03 Å². The van der Waals surface area contributed by atoms with Gasteiger partial charge in [-0.05, 0) is 85.2 Å². The molecule has 2 atom stereocenters. The van der Waals surface area contributed by atoms with Crippen LogP contribution in [-0.4, -0.2) is 30.8 Å². The Morgan fingerprint density at radius 2 is 1.92 bits per heavy atom. The van der Waals surface area contributed by atoms with Crippen molar-refractivity contribution in [1.82, 2.24) is 10.6 Å². The number of ether oxygens (including phenoxy) is 1. The van der Waals surface area contributed by atoms with Crippen LogP contribution < -0.4 is 15.5 Å². The summed E-state index contributed by atoms with van der Waals surface area (Å²) in [6.07, 6.45) is 8.88. The number of amides is 2. The monoisotopic (exact) mass is 487 g/mol. The zero-order valence-electron chi connectivity index (χ0n) is 21.1. The highest BCUT2D eigenvalue weighted by Gasteiger charge is 2.74. The Hall–Kier alpha value is -3.38. The summed E-state index contributed by atoms with van der Waals surface area (Å²) in [4.78, 5) is 14.0. The fourth-order valence-corrected chi connectivity index (χ4v) is 5.95. The fourth-order valence-electron chi connectivity index (χ4n) is 5.95. The summed E-state index contributed by atoms with van der Waals surface area (Å²) < 4.78 is 20.1. The molecule has 1 aliphatic heterocycles. The molecule has 2 fully saturated rings. The predicted molar refractivity (Wildman–Crippen MR) is 141 cm³/mol. The van der Waals surface area contributed by atoms with Crippen molar-refractivity contribution in [2.45, 2.75) is 56.8 Å². The highest BCUT2D eigenvalue weighted by molar-refractivity contribution is 5.73.